The van der Waals surface area contributed by atoms with Crippen LogP contribution in [0.3, 0.4) is 0 Å². The number of aromatic hydroxyl groups is 1. The highest BCUT2D eigenvalue weighted by Gasteiger charge is 2.44. The van der Waals surface area contributed by atoms with Crippen molar-refractivity contribution in [3.05, 3.63) is 59.7 Å². The molecule has 220 valence electrons. The SMILES string of the molecule is CCCCCCC1C(=O)OC(C)C(NC(=O)c2cccc(NC=O)c2O)C(=O)OC(C)C1OC(=O)c1ccccc1. The molecule has 1 aliphatic rings. The fourth-order valence-corrected chi connectivity index (χ4v) is 4.63. The number of phenolic OH excluding ortho intramolecular Hbond substituents is 1. The van der Waals surface area contributed by atoms with Crippen LogP contribution in [0.2, 0.25) is 0 Å². The van der Waals surface area contributed by atoms with E-state index in [1.165, 1.54) is 32.0 Å². The van der Waals surface area contributed by atoms with Gasteiger partial charge >= 0.3 is 17.9 Å². The highest BCUT2D eigenvalue weighted by molar-refractivity contribution is 6.01. The van der Waals surface area contributed by atoms with E-state index in [9.17, 15) is 29.1 Å². The normalized spacial score (nSPS) is 22.7. The lowest BCUT2D eigenvalue weighted by Crippen LogP contribution is -2.50. The second-order valence-electron chi connectivity index (χ2n) is 9.89. The number of hydrogen-bond acceptors (Lipinski definition) is 9. The maximum absolute atomic E-state index is 13.5. The Morgan fingerprint density at radius 2 is 1.66 bits per heavy atom. The highest BCUT2D eigenvalue weighted by Crippen LogP contribution is 2.29. The second kappa shape index (κ2) is 14.8. The molecule has 1 fully saturated rings. The Kier molecular flexibility index (Phi) is 11.3. The minimum absolute atomic E-state index is 0.00761. The number of benzene rings is 2. The second-order valence-corrected chi connectivity index (χ2v) is 9.89. The van der Waals surface area contributed by atoms with Gasteiger partial charge in [-0.25, -0.2) is 9.59 Å². The number of rotatable bonds is 11. The zero-order chi connectivity index (χ0) is 29.9. The quantitative estimate of drug-likeness (QED) is 0.121. The number of amides is 2. The van der Waals surface area contributed by atoms with Gasteiger partial charge in [0, 0.05) is 0 Å². The molecule has 0 bridgehead atoms. The summed E-state index contributed by atoms with van der Waals surface area (Å²) in [5.74, 6) is -4.58. The summed E-state index contributed by atoms with van der Waals surface area (Å²) in [5.41, 5.74) is 0.0416. The molecule has 11 heteroatoms. The van der Waals surface area contributed by atoms with Gasteiger partial charge in [-0.3, -0.25) is 14.4 Å². The first-order chi connectivity index (χ1) is 19.7. The Bertz CT molecular complexity index is 1230. The molecule has 1 saturated heterocycles. The zero-order valence-electron chi connectivity index (χ0n) is 23.3. The standard InChI is InChI=1S/C30H36N2O9/c1-4-5-6-10-14-22-26(41-28(36)20-12-8-7-9-13-20)19(3)40-30(38)24(18(2)39-29(22)37)32-27(35)21-15-11-16-23(25(21)34)31-17-33/h7-9,11-13,15-19,22,24,26,34H,4-6,10,14H2,1-3H3,(H,31,33)(H,32,35). The molecule has 0 aromatic heterocycles. The maximum atomic E-state index is 13.5. The Morgan fingerprint density at radius 1 is 0.951 bits per heavy atom. The monoisotopic (exact) mass is 568 g/mol. The van der Waals surface area contributed by atoms with Crippen molar-refractivity contribution >= 4 is 35.9 Å². The predicted octanol–water partition coefficient (Wildman–Crippen LogP) is 3.75. The van der Waals surface area contributed by atoms with E-state index in [4.69, 9.17) is 14.2 Å². The summed E-state index contributed by atoms with van der Waals surface area (Å²) in [6, 6.07) is 10.9. The van der Waals surface area contributed by atoms with Gasteiger partial charge in [0.05, 0.1) is 22.7 Å². The molecule has 5 unspecified atom stereocenters. The average Bonchev–Trinajstić information content (AvgIpc) is 2.98. The lowest BCUT2D eigenvalue weighted by molar-refractivity contribution is -0.160. The number of anilines is 1. The molecule has 5 atom stereocenters. The van der Waals surface area contributed by atoms with Crippen molar-refractivity contribution in [1.82, 2.24) is 5.32 Å². The molecular formula is C30H36N2O9. The van der Waals surface area contributed by atoms with Crippen LogP contribution in [0.4, 0.5) is 5.69 Å². The van der Waals surface area contributed by atoms with Crippen molar-refractivity contribution in [2.45, 2.75) is 77.2 Å². The van der Waals surface area contributed by atoms with E-state index in [0.29, 0.717) is 19.3 Å². The summed E-state index contributed by atoms with van der Waals surface area (Å²) in [5, 5.41) is 15.2. The zero-order valence-corrected chi connectivity index (χ0v) is 23.3. The maximum Gasteiger partial charge on any atom is 0.338 e. The number of carbonyl (C=O) groups is 5. The molecule has 11 nitrogen and oxygen atoms in total. The van der Waals surface area contributed by atoms with Gasteiger partial charge in [-0.2, -0.15) is 0 Å². The van der Waals surface area contributed by atoms with Gasteiger partial charge in [0.2, 0.25) is 6.41 Å². The molecular weight excluding hydrogens is 532 g/mol. The van der Waals surface area contributed by atoms with Gasteiger partial charge in [0.15, 0.2) is 17.9 Å². The van der Waals surface area contributed by atoms with Gasteiger partial charge in [-0.05, 0) is 44.5 Å². The average molecular weight is 569 g/mol. The number of unbranched alkanes of at least 4 members (excludes halogenated alkanes) is 3. The van der Waals surface area contributed by atoms with Crippen molar-refractivity contribution in [3.8, 4) is 5.75 Å². The summed E-state index contributed by atoms with van der Waals surface area (Å²) in [6.45, 7) is 5.01. The molecule has 0 radical (unpaired) electrons. The highest BCUT2D eigenvalue weighted by atomic mass is 16.6. The van der Waals surface area contributed by atoms with E-state index in [1.54, 1.807) is 30.3 Å². The van der Waals surface area contributed by atoms with Gasteiger partial charge < -0.3 is 30.0 Å². The van der Waals surface area contributed by atoms with Crippen LogP contribution in [0, 0.1) is 5.92 Å². The molecule has 3 rings (SSSR count). The number of para-hydroxylation sites is 1. The van der Waals surface area contributed by atoms with Crippen LogP contribution >= 0.6 is 0 Å². The van der Waals surface area contributed by atoms with Crippen molar-refractivity contribution in [3.63, 3.8) is 0 Å². The van der Waals surface area contributed by atoms with Crippen molar-refractivity contribution < 1.29 is 43.3 Å². The predicted molar refractivity (Wildman–Crippen MR) is 148 cm³/mol. The van der Waals surface area contributed by atoms with Gasteiger partial charge in [0.25, 0.3) is 5.91 Å². The van der Waals surface area contributed by atoms with E-state index in [-0.39, 0.29) is 16.8 Å². The largest absolute Gasteiger partial charge is 0.505 e. The van der Waals surface area contributed by atoms with Gasteiger partial charge in [-0.1, -0.05) is 56.9 Å². The van der Waals surface area contributed by atoms with Crippen LogP contribution in [-0.4, -0.2) is 59.7 Å². The van der Waals surface area contributed by atoms with Crippen LogP contribution in [0.25, 0.3) is 0 Å². The first kappa shape index (κ1) is 31.1. The molecule has 1 heterocycles. The third-order valence-corrected chi connectivity index (χ3v) is 6.89. The summed E-state index contributed by atoms with van der Waals surface area (Å²) in [4.78, 5) is 63.6. The van der Waals surface area contributed by atoms with E-state index in [0.717, 1.165) is 19.3 Å². The molecule has 0 aliphatic carbocycles. The Labute approximate surface area is 238 Å². The lowest BCUT2D eigenvalue weighted by atomic mass is 9.92. The van der Waals surface area contributed by atoms with E-state index in [1.807, 2.05) is 0 Å². The van der Waals surface area contributed by atoms with Crippen LogP contribution < -0.4 is 10.6 Å². The van der Waals surface area contributed by atoms with Crippen molar-refractivity contribution in [2.75, 3.05) is 5.32 Å². The third kappa shape index (κ3) is 8.06. The van der Waals surface area contributed by atoms with Crippen LogP contribution in [0.5, 0.6) is 5.75 Å². The number of carbonyl (C=O) groups excluding carboxylic acids is 5. The molecule has 41 heavy (non-hydrogen) atoms. The van der Waals surface area contributed by atoms with E-state index >= 15 is 0 Å². The third-order valence-electron chi connectivity index (χ3n) is 6.89. The number of hydrogen-bond donors (Lipinski definition) is 3. The van der Waals surface area contributed by atoms with Gasteiger partial charge in [-0.15, -0.1) is 0 Å². The molecule has 0 saturated carbocycles. The topological polar surface area (TPSA) is 157 Å². The van der Waals surface area contributed by atoms with Crippen molar-refractivity contribution in [1.29, 1.82) is 0 Å². The Balaban J connectivity index is 1.88. The minimum Gasteiger partial charge on any atom is -0.505 e. The van der Waals surface area contributed by atoms with Crippen molar-refractivity contribution in [2.24, 2.45) is 5.92 Å². The first-order valence-corrected chi connectivity index (χ1v) is 13.7. The number of cyclic esters (lactones) is 2. The van der Waals surface area contributed by atoms with E-state index < -0.39 is 59.8 Å². The lowest BCUT2D eigenvalue weighted by Gasteiger charge is -2.29. The Hall–Kier alpha value is -4.41. The van der Waals surface area contributed by atoms with Crippen LogP contribution in [0.15, 0.2) is 48.5 Å². The molecule has 2 amide bonds. The first-order valence-electron chi connectivity index (χ1n) is 13.7. The number of phenols is 1. The molecule has 3 N–H and O–H groups in total. The Morgan fingerprint density at radius 3 is 2.34 bits per heavy atom. The summed E-state index contributed by atoms with van der Waals surface area (Å²) >= 11 is 0. The fourth-order valence-electron chi connectivity index (χ4n) is 4.63. The molecule has 2 aromatic rings. The minimum atomic E-state index is -1.44. The number of nitrogens with one attached hydrogen (secondary N) is 2. The van der Waals surface area contributed by atoms with E-state index in [2.05, 4.69) is 17.6 Å². The summed E-state index contributed by atoms with van der Waals surface area (Å²) < 4.78 is 17.1. The number of esters is 3. The molecule has 1 aliphatic heterocycles. The smallest absolute Gasteiger partial charge is 0.338 e. The number of ether oxygens (including phenoxy) is 3. The van der Waals surface area contributed by atoms with Crippen LogP contribution in [0.1, 0.15) is 73.6 Å². The molecule has 2 aromatic carbocycles. The summed E-state index contributed by atoms with van der Waals surface area (Å²) in [6.07, 6.45) is 0.771. The fraction of sp³-hybridized carbons (Fsp3) is 0.433. The van der Waals surface area contributed by atoms with Crippen LogP contribution in [-0.2, 0) is 28.6 Å². The summed E-state index contributed by atoms with van der Waals surface area (Å²) in [7, 11) is 0. The molecule has 0 spiro atoms. The van der Waals surface area contributed by atoms with Gasteiger partial charge in [0.1, 0.15) is 12.2 Å².